The summed E-state index contributed by atoms with van der Waals surface area (Å²) >= 11 is 0. The topological polar surface area (TPSA) is 58.6 Å². The van der Waals surface area contributed by atoms with Crippen LogP contribution in [-0.2, 0) is 16.4 Å². The average Bonchev–Trinajstić information content (AvgIpc) is 3.22. The second-order valence-corrected chi connectivity index (χ2v) is 8.65. The van der Waals surface area contributed by atoms with Gasteiger partial charge in [0.15, 0.2) is 11.6 Å². The first-order valence-corrected chi connectivity index (χ1v) is 11.2. The van der Waals surface area contributed by atoms with Crippen LogP contribution >= 0.6 is 0 Å². The van der Waals surface area contributed by atoms with Gasteiger partial charge in [-0.2, -0.15) is 0 Å². The third-order valence-corrected chi connectivity index (χ3v) is 6.31. The molecular weight excluding hydrogens is 379 g/mol. The van der Waals surface area contributed by atoms with Crippen molar-refractivity contribution in [2.45, 2.75) is 37.5 Å². The largest absolute Gasteiger partial charge is 0.491 e. The van der Waals surface area contributed by atoms with Crippen molar-refractivity contribution in [1.29, 1.82) is 0 Å². The van der Waals surface area contributed by atoms with E-state index in [4.69, 9.17) is 4.74 Å². The quantitative estimate of drug-likeness (QED) is 0.645. The number of nitrogens with one attached hydrogen (secondary N) is 1. The van der Waals surface area contributed by atoms with E-state index >= 15 is 0 Å². The third kappa shape index (κ3) is 5.23. The summed E-state index contributed by atoms with van der Waals surface area (Å²) in [5.74, 6) is -0.623. The van der Waals surface area contributed by atoms with Crippen LogP contribution in [0.5, 0.6) is 5.75 Å². The van der Waals surface area contributed by atoms with E-state index in [0.717, 1.165) is 25.6 Å². The maximum absolute atomic E-state index is 13.9. The van der Waals surface area contributed by atoms with Crippen LogP contribution < -0.4 is 14.4 Å². The van der Waals surface area contributed by atoms with Crippen molar-refractivity contribution in [1.82, 2.24) is 4.72 Å². The second-order valence-electron chi connectivity index (χ2n) is 6.89. The van der Waals surface area contributed by atoms with Crippen LogP contribution in [0, 0.1) is 5.82 Å². The van der Waals surface area contributed by atoms with E-state index in [1.807, 2.05) is 0 Å². The molecule has 1 N–H and O–H groups in total. The molecule has 1 heterocycles. The number of rotatable bonds is 9. The molecule has 1 aliphatic heterocycles. The van der Waals surface area contributed by atoms with Gasteiger partial charge in [-0.05, 0) is 68.5 Å². The Morgan fingerprint density at radius 3 is 2.46 bits per heavy atom. The fourth-order valence-electron chi connectivity index (χ4n) is 3.35. The zero-order valence-electron chi connectivity index (χ0n) is 16.2. The molecule has 2 aromatic carbocycles. The van der Waals surface area contributed by atoms with Crippen LogP contribution in [0.1, 0.15) is 31.7 Å². The molecule has 0 aliphatic carbocycles. The first-order valence-electron chi connectivity index (χ1n) is 9.75. The van der Waals surface area contributed by atoms with E-state index < -0.39 is 15.8 Å². The van der Waals surface area contributed by atoms with Gasteiger partial charge >= 0.3 is 0 Å². The third-order valence-electron chi connectivity index (χ3n) is 4.86. The molecule has 3 rings (SSSR count). The maximum Gasteiger partial charge on any atom is 0.240 e. The van der Waals surface area contributed by atoms with Crippen LogP contribution in [0.25, 0.3) is 0 Å². The molecule has 1 fully saturated rings. The fourth-order valence-corrected chi connectivity index (χ4v) is 4.44. The van der Waals surface area contributed by atoms with Crippen molar-refractivity contribution >= 4 is 15.7 Å². The molecule has 0 unspecified atom stereocenters. The summed E-state index contributed by atoms with van der Waals surface area (Å²) in [5, 5.41) is 0. The number of halogens is 1. The average molecular weight is 407 g/mol. The van der Waals surface area contributed by atoms with Crippen LogP contribution in [-0.4, -0.2) is 34.7 Å². The Morgan fingerprint density at radius 1 is 1.11 bits per heavy atom. The Morgan fingerprint density at radius 2 is 1.82 bits per heavy atom. The van der Waals surface area contributed by atoms with Crippen LogP contribution in [0.2, 0.25) is 0 Å². The Hall–Kier alpha value is -2.12. The summed E-state index contributed by atoms with van der Waals surface area (Å²) in [6.45, 7) is 4.59. The van der Waals surface area contributed by atoms with Crippen molar-refractivity contribution in [2.24, 2.45) is 0 Å². The summed E-state index contributed by atoms with van der Waals surface area (Å²) in [7, 11) is -3.74. The SMILES string of the molecule is CCOc1ccc(S(=O)(=O)NCCCc2ccc(N3CCCC3)cc2)cc1F. The van der Waals surface area contributed by atoms with Crippen molar-refractivity contribution in [3.63, 3.8) is 0 Å². The molecule has 0 bridgehead atoms. The molecule has 0 radical (unpaired) electrons. The first kappa shape index (κ1) is 20.6. The Bertz CT molecular complexity index is 879. The van der Waals surface area contributed by atoms with E-state index in [1.165, 1.54) is 36.2 Å². The number of hydrogen-bond donors (Lipinski definition) is 1. The molecule has 2 aromatic rings. The molecule has 28 heavy (non-hydrogen) atoms. The van der Waals surface area contributed by atoms with Gasteiger partial charge in [0.2, 0.25) is 10.0 Å². The molecule has 0 saturated carbocycles. The summed E-state index contributed by atoms with van der Waals surface area (Å²) in [5.41, 5.74) is 2.42. The highest BCUT2D eigenvalue weighted by atomic mass is 32.2. The van der Waals surface area contributed by atoms with E-state index in [-0.39, 0.29) is 10.6 Å². The monoisotopic (exact) mass is 406 g/mol. The maximum atomic E-state index is 13.9. The molecule has 0 amide bonds. The second kappa shape index (κ2) is 9.39. The predicted octanol–water partition coefficient (Wildman–Crippen LogP) is 3.74. The smallest absolute Gasteiger partial charge is 0.240 e. The lowest BCUT2D eigenvalue weighted by Crippen LogP contribution is -2.25. The summed E-state index contributed by atoms with van der Waals surface area (Å²) in [6, 6.07) is 12.2. The molecule has 5 nitrogen and oxygen atoms in total. The van der Waals surface area contributed by atoms with E-state index in [9.17, 15) is 12.8 Å². The van der Waals surface area contributed by atoms with Gasteiger partial charge in [0, 0.05) is 25.3 Å². The minimum Gasteiger partial charge on any atom is -0.491 e. The molecule has 0 spiro atoms. The van der Waals surface area contributed by atoms with Crippen molar-refractivity contribution in [3.05, 3.63) is 53.8 Å². The highest BCUT2D eigenvalue weighted by molar-refractivity contribution is 7.89. The van der Waals surface area contributed by atoms with Crippen LogP contribution in [0.15, 0.2) is 47.4 Å². The molecule has 1 aliphatic rings. The molecule has 7 heteroatoms. The van der Waals surface area contributed by atoms with E-state index in [2.05, 4.69) is 33.9 Å². The van der Waals surface area contributed by atoms with Crippen molar-refractivity contribution in [2.75, 3.05) is 31.1 Å². The fraction of sp³-hybridized carbons (Fsp3) is 0.429. The Labute approximate surface area is 166 Å². The highest BCUT2D eigenvalue weighted by Crippen LogP contribution is 2.22. The van der Waals surface area contributed by atoms with Gasteiger partial charge < -0.3 is 9.64 Å². The van der Waals surface area contributed by atoms with Gasteiger partial charge in [0.05, 0.1) is 11.5 Å². The number of ether oxygens (including phenoxy) is 1. The van der Waals surface area contributed by atoms with Crippen LogP contribution in [0.4, 0.5) is 10.1 Å². The number of sulfonamides is 1. The molecule has 152 valence electrons. The lowest BCUT2D eigenvalue weighted by molar-refractivity contribution is 0.321. The Balaban J connectivity index is 1.49. The lowest BCUT2D eigenvalue weighted by Gasteiger charge is -2.17. The minimum absolute atomic E-state index is 0.0545. The number of benzene rings is 2. The lowest BCUT2D eigenvalue weighted by atomic mass is 10.1. The molecule has 1 saturated heterocycles. The normalized spacial score (nSPS) is 14.4. The molecular formula is C21H27FN2O3S. The number of nitrogens with zero attached hydrogens (tertiary/aromatic N) is 1. The zero-order chi connectivity index (χ0) is 20.0. The van der Waals surface area contributed by atoms with E-state index in [0.29, 0.717) is 19.6 Å². The highest BCUT2D eigenvalue weighted by Gasteiger charge is 2.16. The molecule has 0 aromatic heterocycles. The molecule has 0 atom stereocenters. The number of anilines is 1. The van der Waals surface area contributed by atoms with Crippen LogP contribution in [0.3, 0.4) is 0 Å². The number of hydrogen-bond acceptors (Lipinski definition) is 4. The van der Waals surface area contributed by atoms with Crippen molar-refractivity contribution in [3.8, 4) is 5.75 Å². The van der Waals surface area contributed by atoms with Gasteiger partial charge in [0.25, 0.3) is 0 Å². The van der Waals surface area contributed by atoms with Gasteiger partial charge in [-0.3, -0.25) is 0 Å². The van der Waals surface area contributed by atoms with Gasteiger partial charge in [0.1, 0.15) is 0 Å². The first-order chi connectivity index (χ1) is 13.5. The summed E-state index contributed by atoms with van der Waals surface area (Å²) in [6.07, 6.45) is 3.95. The predicted molar refractivity (Wildman–Crippen MR) is 109 cm³/mol. The van der Waals surface area contributed by atoms with Gasteiger partial charge in [-0.1, -0.05) is 12.1 Å². The summed E-state index contributed by atoms with van der Waals surface area (Å²) in [4.78, 5) is 2.29. The van der Waals surface area contributed by atoms with Gasteiger partial charge in [-0.25, -0.2) is 17.5 Å². The zero-order valence-corrected chi connectivity index (χ0v) is 17.0. The standard InChI is InChI=1S/C21H27FN2O3S/c1-2-27-21-12-11-19(16-20(21)22)28(25,26)23-13-5-6-17-7-9-18(10-8-17)24-14-3-4-15-24/h7-12,16,23H,2-6,13-15H2,1H3. The summed E-state index contributed by atoms with van der Waals surface area (Å²) < 4.78 is 46.2. The van der Waals surface area contributed by atoms with Gasteiger partial charge in [-0.15, -0.1) is 0 Å². The van der Waals surface area contributed by atoms with Crippen molar-refractivity contribution < 1.29 is 17.5 Å². The van der Waals surface area contributed by atoms with E-state index in [1.54, 1.807) is 6.92 Å². The number of aryl methyl sites for hydroxylation is 1. The minimum atomic E-state index is -3.74. The Kier molecular flexibility index (Phi) is 6.91.